The van der Waals surface area contributed by atoms with Crippen molar-refractivity contribution in [2.75, 3.05) is 13.2 Å². The third kappa shape index (κ3) is 68.3. The van der Waals surface area contributed by atoms with E-state index < -0.39 is 6.10 Å². The molecule has 0 fully saturated rings. The number of aliphatic hydroxyl groups excluding tert-OH is 1. The summed E-state index contributed by atoms with van der Waals surface area (Å²) in [5.74, 6) is -0.628. The Bertz CT molecular complexity index is 1710. The van der Waals surface area contributed by atoms with Gasteiger partial charge < -0.3 is 14.6 Å². The van der Waals surface area contributed by atoms with Gasteiger partial charge in [-0.25, -0.2) is 0 Å². The van der Waals surface area contributed by atoms with Gasteiger partial charge in [-0.2, -0.15) is 0 Å². The van der Waals surface area contributed by atoms with Crippen LogP contribution < -0.4 is 0 Å². The van der Waals surface area contributed by atoms with Crippen LogP contribution in [0.4, 0.5) is 0 Å². The van der Waals surface area contributed by atoms with Gasteiger partial charge >= 0.3 is 11.9 Å². The first-order valence-electron chi connectivity index (χ1n) is 34.4. The van der Waals surface area contributed by atoms with Crippen molar-refractivity contribution >= 4 is 11.9 Å². The molecular formula is C77H128O5. The number of ether oxygens (including phenoxy) is 2. The van der Waals surface area contributed by atoms with Crippen LogP contribution in [-0.2, 0) is 19.1 Å². The molecule has 82 heavy (non-hydrogen) atoms. The second-order valence-corrected chi connectivity index (χ2v) is 22.5. The third-order valence-electron chi connectivity index (χ3n) is 14.6. The Kier molecular flexibility index (Phi) is 67.4. The molecule has 0 aromatic carbocycles. The van der Waals surface area contributed by atoms with Crippen molar-refractivity contribution in [2.24, 2.45) is 0 Å². The Labute approximate surface area is 508 Å². The number of hydrogen-bond donors (Lipinski definition) is 1. The summed E-state index contributed by atoms with van der Waals surface area (Å²) in [5, 5.41) is 9.69. The maximum Gasteiger partial charge on any atom is 0.306 e. The minimum Gasteiger partial charge on any atom is -0.462 e. The van der Waals surface area contributed by atoms with Crippen molar-refractivity contribution in [3.8, 4) is 0 Å². The fraction of sp³-hybridized carbons (Fsp3) is 0.662. The quantitative estimate of drug-likeness (QED) is 0.0373. The molecule has 0 aliphatic heterocycles. The normalized spacial score (nSPS) is 13.2. The van der Waals surface area contributed by atoms with Gasteiger partial charge in [0.15, 0.2) is 6.10 Å². The van der Waals surface area contributed by atoms with Crippen LogP contribution in [0.2, 0.25) is 0 Å². The highest BCUT2D eigenvalue weighted by Gasteiger charge is 2.16. The first-order valence-corrected chi connectivity index (χ1v) is 34.4. The average Bonchev–Trinajstić information content (AvgIpc) is 3.49. The predicted molar refractivity (Wildman–Crippen MR) is 361 cm³/mol. The van der Waals surface area contributed by atoms with Crippen LogP contribution in [0.15, 0.2) is 146 Å². The molecule has 0 aliphatic carbocycles. The van der Waals surface area contributed by atoms with Gasteiger partial charge in [0.2, 0.25) is 0 Å². The average molecular weight is 1130 g/mol. The summed E-state index contributed by atoms with van der Waals surface area (Å²) in [5.41, 5.74) is 0. The molecular weight excluding hydrogens is 1000 g/mol. The van der Waals surface area contributed by atoms with E-state index in [2.05, 4.69) is 160 Å². The Morgan fingerprint density at radius 3 is 0.817 bits per heavy atom. The van der Waals surface area contributed by atoms with Crippen molar-refractivity contribution in [3.05, 3.63) is 146 Å². The molecule has 0 aromatic rings. The molecule has 1 unspecified atom stereocenters. The van der Waals surface area contributed by atoms with Crippen molar-refractivity contribution in [2.45, 2.75) is 315 Å². The lowest BCUT2D eigenvalue weighted by Gasteiger charge is -2.15. The highest BCUT2D eigenvalue weighted by molar-refractivity contribution is 5.70. The van der Waals surface area contributed by atoms with Gasteiger partial charge in [0.1, 0.15) is 6.61 Å². The summed E-state index contributed by atoms with van der Waals surface area (Å²) < 4.78 is 10.7. The van der Waals surface area contributed by atoms with E-state index >= 15 is 0 Å². The third-order valence-corrected chi connectivity index (χ3v) is 14.6. The summed E-state index contributed by atoms with van der Waals surface area (Å²) in [6.07, 6.45) is 107. The molecule has 0 saturated heterocycles. The van der Waals surface area contributed by atoms with Crippen LogP contribution in [0.3, 0.4) is 0 Å². The Hall–Kier alpha value is -4.22. The van der Waals surface area contributed by atoms with Gasteiger partial charge in [-0.05, 0) is 122 Å². The number of carbonyl (C=O) groups is 2. The van der Waals surface area contributed by atoms with Crippen molar-refractivity contribution < 1.29 is 24.2 Å². The lowest BCUT2D eigenvalue weighted by Crippen LogP contribution is -2.28. The zero-order valence-electron chi connectivity index (χ0n) is 53.5. The second kappa shape index (κ2) is 71.0. The van der Waals surface area contributed by atoms with Crippen molar-refractivity contribution in [1.82, 2.24) is 0 Å². The van der Waals surface area contributed by atoms with Crippen LogP contribution in [0.5, 0.6) is 0 Å². The molecule has 0 rings (SSSR count). The van der Waals surface area contributed by atoms with E-state index in [1.54, 1.807) is 0 Å². The fourth-order valence-corrected chi connectivity index (χ4v) is 9.50. The van der Waals surface area contributed by atoms with E-state index in [-0.39, 0.29) is 25.2 Å². The molecule has 0 amide bonds. The maximum atomic E-state index is 12.3. The largest absolute Gasteiger partial charge is 0.462 e. The van der Waals surface area contributed by atoms with E-state index in [4.69, 9.17) is 9.47 Å². The molecule has 0 radical (unpaired) electrons. The fourth-order valence-electron chi connectivity index (χ4n) is 9.50. The monoisotopic (exact) mass is 1130 g/mol. The van der Waals surface area contributed by atoms with Crippen LogP contribution in [0.1, 0.15) is 309 Å². The maximum absolute atomic E-state index is 12.3. The first-order chi connectivity index (χ1) is 40.6. The van der Waals surface area contributed by atoms with E-state index in [1.807, 2.05) is 0 Å². The van der Waals surface area contributed by atoms with Crippen LogP contribution in [0, 0.1) is 0 Å². The molecule has 0 saturated carbocycles. The minimum atomic E-state index is -0.801. The Morgan fingerprint density at radius 2 is 0.524 bits per heavy atom. The number of esters is 2. The lowest BCUT2D eigenvalue weighted by atomic mass is 10.0. The van der Waals surface area contributed by atoms with Crippen molar-refractivity contribution in [1.29, 1.82) is 0 Å². The smallest absolute Gasteiger partial charge is 0.306 e. The first kappa shape index (κ1) is 77.8. The Morgan fingerprint density at radius 1 is 0.293 bits per heavy atom. The molecule has 1 N–H and O–H groups in total. The zero-order chi connectivity index (χ0) is 59.1. The molecule has 0 bridgehead atoms. The number of unbranched alkanes of at least 4 members (excludes halogenated alkanes) is 30. The summed E-state index contributed by atoms with van der Waals surface area (Å²) in [6.45, 7) is 4.02. The number of allylic oxidation sites excluding steroid dienone is 24. The zero-order valence-corrected chi connectivity index (χ0v) is 53.5. The van der Waals surface area contributed by atoms with Gasteiger partial charge in [0.05, 0.1) is 6.61 Å². The number of rotatable bonds is 62. The molecule has 5 nitrogen and oxygen atoms in total. The summed E-state index contributed by atoms with van der Waals surface area (Å²) in [7, 11) is 0. The van der Waals surface area contributed by atoms with Gasteiger partial charge in [-0.1, -0.05) is 320 Å². The highest BCUT2D eigenvalue weighted by Crippen LogP contribution is 2.17. The minimum absolute atomic E-state index is 0.0856. The van der Waals surface area contributed by atoms with Gasteiger partial charge in [0, 0.05) is 12.8 Å². The van der Waals surface area contributed by atoms with Crippen molar-refractivity contribution in [3.63, 3.8) is 0 Å². The molecule has 5 heteroatoms. The molecule has 1 atom stereocenters. The van der Waals surface area contributed by atoms with E-state index in [9.17, 15) is 14.7 Å². The predicted octanol–water partition coefficient (Wildman–Crippen LogP) is 24.1. The molecule has 0 aromatic heterocycles. The number of carbonyl (C=O) groups excluding carboxylic acids is 2. The SMILES string of the molecule is CC/C=C\C/C=C\C/C=C\C/C=C\C/C=C\C/C=C\C/C=C\C/C=C\C/C=C\C/C=C\C/C=C\CCCCCC(=O)OC(CO)COC(=O)CCCCCCCCCCCCCCCCCCCCC/C=C\CCCCCCCCCC. The van der Waals surface area contributed by atoms with Gasteiger partial charge in [0.25, 0.3) is 0 Å². The summed E-state index contributed by atoms with van der Waals surface area (Å²) >= 11 is 0. The van der Waals surface area contributed by atoms with Crippen LogP contribution >= 0.6 is 0 Å². The van der Waals surface area contributed by atoms with E-state index in [0.717, 1.165) is 116 Å². The summed E-state index contributed by atoms with van der Waals surface area (Å²) in [6, 6.07) is 0. The van der Waals surface area contributed by atoms with E-state index in [0.29, 0.717) is 12.8 Å². The number of aliphatic hydroxyl groups is 1. The van der Waals surface area contributed by atoms with Gasteiger partial charge in [-0.3, -0.25) is 9.59 Å². The topological polar surface area (TPSA) is 72.8 Å². The molecule has 0 spiro atoms. The van der Waals surface area contributed by atoms with Crippen LogP contribution in [-0.4, -0.2) is 36.4 Å². The standard InChI is InChI=1S/C77H128O5/c1-3-5-7-9-11-13-15-17-19-21-23-25-27-29-31-33-35-36-37-38-39-40-42-44-46-48-50-52-54-56-58-60-62-64-66-68-70-72-77(80)82-75(73-78)74-81-76(79)71-69-67-65-63-61-59-57-55-53-51-49-47-45-43-41-34-32-30-28-26-24-22-20-18-16-14-12-10-8-6-4-2/h5,7,11,13,17,19,22-25,29,31,35-36,38-39,42,44,48,50,54,56,60,62,75,78H,3-4,6,8-10,12,14-16,18,20-21,26-28,30,32-34,37,40-41,43,45-47,49,51-53,55,57-59,61,63-74H2,1-2H3/b7-5-,13-11-,19-17-,24-22-,25-23-,31-29-,36-35-,39-38-,44-42-,50-48-,56-54-,62-60-. The second-order valence-electron chi connectivity index (χ2n) is 22.5. The molecule has 0 heterocycles. The molecule has 466 valence electrons. The molecule has 0 aliphatic rings. The van der Waals surface area contributed by atoms with Gasteiger partial charge in [-0.15, -0.1) is 0 Å². The van der Waals surface area contributed by atoms with Crippen LogP contribution in [0.25, 0.3) is 0 Å². The lowest BCUT2D eigenvalue weighted by molar-refractivity contribution is -0.161. The summed E-state index contributed by atoms with van der Waals surface area (Å²) in [4.78, 5) is 24.6. The number of hydrogen-bond acceptors (Lipinski definition) is 5. The van der Waals surface area contributed by atoms with E-state index in [1.165, 1.54) is 167 Å². The highest BCUT2D eigenvalue weighted by atomic mass is 16.6. The Balaban J connectivity index is 3.58.